The van der Waals surface area contributed by atoms with Crippen LogP contribution >= 0.6 is 11.6 Å². The normalized spacial score (nSPS) is 15.2. The Bertz CT molecular complexity index is 1190. The Kier molecular flexibility index (Phi) is 5.45. The van der Waals surface area contributed by atoms with Crippen LogP contribution in [0.3, 0.4) is 0 Å². The van der Waals surface area contributed by atoms with Crippen molar-refractivity contribution in [1.82, 2.24) is 24.1 Å². The first-order chi connectivity index (χ1) is 14.0. The van der Waals surface area contributed by atoms with Crippen LogP contribution in [-0.2, 0) is 17.9 Å². The highest BCUT2D eigenvalue weighted by Gasteiger charge is 2.20. The number of amides is 1. The van der Waals surface area contributed by atoms with Crippen LogP contribution < -0.4 is 16.6 Å². The van der Waals surface area contributed by atoms with Gasteiger partial charge in [-0.3, -0.25) is 14.2 Å². The second kappa shape index (κ2) is 8.02. The van der Waals surface area contributed by atoms with Crippen LogP contribution in [0.1, 0.15) is 45.4 Å². The van der Waals surface area contributed by atoms with Gasteiger partial charge in [-0.1, -0.05) is 37.8 Å². The van der Waals surface area contributed by atoms with Gasteiger partial charge in [0.25, 0.3) is 5.56 Å². The Morgan fingerprint density at radius 3 is 2.72 bits per heavy atom. The number of halogens is 1. The molecule has 1 saturated carbocycles. The van der Waals surface area contributed by atoms with Crippen molar-refractivity contribution in [2.24, 2.45) is 0 Å². The summed E-state index contributed by atoms with van der Waals surface area (Å²) in [6, 6.07) is 4.98. The molecule has 2 heterocycles. The van der Waals surface area contributed by atoms with E-state index in [-0.39, 0.29) is 29.8 Å². The van der Waals surface area contributed by atoms with Crippen molar-refractivity contribution in [3.8, 4) is 0 Å². The van der Waals surface area contributed by atoms with E-state index in [9.17, 15) is 14.4 Å². The highest BCUT2D eigenvalue weighted by molar-refractivity contribution is 6.31. The monoisotopic (exact) mass is 417 g/mol. The van der Waals surface area contributed by atoms with E-state index in [0.29, 0.717) is 28.9 Å². The Morgan fingerprint density at radius 2 is 2.00 bits per heavy atom. The van der Waals surface area contributed by atoms with E-state index in [0.717, 1.165) is 30.4 Å². The Balaban J connectivity index is 1.79. The minimum absolute atomic E-state index is 0.155. The van der Waals surface area contributed by atoms with Crippen molar-refractivity contribution >= 4 is 34.2 Å². The summed E-state index contributed by atoms with van der Waals surface area (Å²) < 4.78 is 3.97. The van der Waals surface area contributed by atoms with Crippen LogP contribution in [0.2, 0.25) is 5.02 Å². The van der Waals surface area contributed by atoms with Gasteiger partial charge in [0.15, 0.2) is 0 Å². The van der Waals surface area contributed by atoms with Gasteiger partial charge in [-0.2, -0.15) is 0 Å². The van der Waals surface area contributed by atoms with E-state index < -0.39 is 5.69 Å². The number of hydrogen-bond donors (Lipinski definition) is 1. The summed E-state index contributed by atoms with van der Waals surface area (Å²) in [5, 5.41) is 8.14. The highest BCUT2D eigenvalue weighted by Crippen LogP contribution is 2.18. The van der Waals surface area contributed by atoms with Crippen LogP contribution in [-0.4, -0.2) is 30.7 Å². The van der Waals surface area contributed by atoms with Crippen molar-refractivity contribution in [3.63, 3.8) is 0 Å². The SMILES string of the molecule is CCCn1c(=O)c2ccc(Cl)cc2n2c(=O)n(CC(=O)NC3CCCCC3)nc12. The topological polar surface area (TPSA) is 90.4 Å². The van der Waals surface area contributed by atoms with Crippen molar-refractivity contribution in [2.45, 2.75) is 64.6 Å². The summed E-state index contributed by atoms with van der Waals surface area (Å²) >= 11 is 6.11. The molecule has 1 amide bonds. The number of carbonyl (C=O) groups is 1. The van der Waals surface area contributed by atoms with E-state index >= 15 is 0 Å². The molecule has 0 saturated heterocycles. The lowest BCUT2D eigenvalue weighted by atomic mass is 9.95. The third-order valence-electron chi connectivity index (χ3n) is 5.45. The fourth-order valence-electron chi connectivity index (χ4n) is 4.07. The van der Waals surface area contributed by atoms with Crippen LogP contribution in [0.15, 0.2) is 27.8 Å². The van der Waals surface area contributed by atoms with Gasteiger partial charge in [0.1, 0.15) is 6.54 Å². The Morgan fingerprint density at radius 1 is 1.24 bits per heavy atom. The molecule has 0 unspecified atom stereocenters. The summed E-state index contributed by atoms with van der Waals surface area (Å²) in [7, 11) is 0. The average Bonchev–Trinajstić information content (AvgIpc) is 3.02. The molecular weight excluding hydrogens is 394 g/mol. The lowest BCUT2D eigenvalue weighted by Crippen LogP contribution is -2.40. The fourth-order valence-corrected chi connectivity index (χ4v) is 4.24. The van der Waals surface area contributed by atoms with Crippen LogP contribution in [0.25, 0.3) is 16.7 Å². The van der Waals surface area contributed by atoms with Gasteiger partial charge in [0.05, 0.1) is 10.9 Å². The third-order valence-corrected chi connectivity index (χ3v) is 5.69. The maximum atomic E-state index is 13.1. The minimum Gasteiger partial charge on any atom is -0.352 e. The molecule has 0 aliphatic heterocycles. The largest absolute Gasteiger partial charge is 0.352 e. The molecule has 0 spiro atoms. The second-order valence-electron chi connectivity index (χ2n) is 7.60. The summed E-state index contributed by atoms with van der Waals surface area (Å²) in [5.74, 6) is -0.0174. The number of benzene rings is 1. The van der Waals surface area contributed by atoms with E-state index in [1.807, 2.05) is 6.92 Å². The predicted molar refractivity (Wildman–Crippen MR) is 112 cm³/mol. The molecule has 0 bridgehead atoms. The molecule has 8 nitrogen and oxygen atoms in total. The van der Waals surface area contributed by atoms with Crippen molar-refractivity contribution in [1.29, 1.82) is 0 Å². The van der Waals surface area contributed by atoms with Crippen molar-refractivity contribution in [2.75, 3.05) is 0 Å². The molecule has 1 aliphatic carbocycles. The van der Waals surface area contributed by atoms with Gasteiger partial charge in [0, 0.05) is 17.6 Å². The maximum absolute atomic E-state index is 13.1. The molecule has 9 heteroatoms. The number of fused-ring (bicyclic) bond motifs is 3. The summed E-state index contributed by atoms with van der Waals surface area (Å²) in [6.45, 7) is 2.19. The molecule has 1 fully saturated rings. The molecule has 29 heavy (non-hydrogen) atoms. The zero-order valence-corrected chi connectivity index (χ0v) is 17.1. The number of aromatic nitrogens is 4. The highest BCUT2D eigenvalue weighted by atomic mass is 35.5. The zero-order valence-electron chi connectivity index (χ0n) is 16.4. The summed E-state index contributed by atoms with van der Waals surface area (Å²) in [6.07, 6.45) is 6.04. The Labute approximate surface area is 172 Å². The average molecular weight is 418 g/mol. The number of nitrogens with one attached hydrogen (secondary N) is 1. The first kappa shape index (κ1) is 19.7. The van der Waals surface area contributed by atoms with Gasteiger partial charge >= 0.3 is 5.69 Å². The molecular formula is C20H24ClN5O3. The predicted octanol–water partition coefficient (Wildman–Crippen LogP) is 2.32. The minimum atomic E-state index is -0.462. The first-order valence-electron chi connectivity index (χ1n) is 10.1. The summed E-state index contributed by atoms with van der Waals surface area (Å²) in [4.78, 5) is 38.5. The van der Waals surface area contributed by atoms with Crippen molar-refractivity contribution < 1.29 is 4.79 Å². The maximum Gasteiger partial charge on any atom is 0.352 e. The lowest BCUT2D eigenvalue weighted by molar-refractivity contribution is -0.122. The van der Waals surface area contributed by atoms with Crippen molar-refractivity contribution in [3.05, 3.63) is 44.1 Å². The number of aryl methyl sites for hydroxylation is 1. The van der Waals surface area contributed by atoms with Gasteiger partial charge in [-0.15, -0.1) is 5.10 Å². The molecule has 1 N–H and O–H groups in total. The molecule has 2 aromatic heterocycles. The fraction of sp³-hybridized carbons (Fsp3) is 0.500. The molecule has 0 atom stereocenters. The third kappa shape index (κ3) is 3.69. The molecule has 4 rings (SSSR count). The van der Waals surface area contributed by atoms with Gasteiger partial charge in [-0.25, -0.2) is 13.9 Å². The number of hydrogen-bond acceptors (Lipinski definition) is 4. The Hall–Kier alpha value is -2.61. The molecule has 3 aromatic rings. The van der Waals surface area contributed by atoms with E-state index in [4.69, 9.17) is 11.6 Å². The number of rotatable bonds is 5. The number of carbonyl (C=O) groups excluding carboxylic acids is 1. The first-order valence-corrected chi connectivity index (χ1v) is 10.5. The molecule has 1 aliphatic rings. The lowest BCUT2D eigenvalue weighted by Gasteiger charge is -2.22. The molecule has 1 aromatic carbocycles. The molecule has 154 valence electrons. The van der Waals surface area contributed by atoms with Gasteiger partial charge in [0.2, 0.25) is 11.7 Å². The summed E-state index contributed by atoms with van der Waals surface area (Å²) in [5.41, 5.74) is -0.292. The smallest absolute Gasteiger partial charge is 0.352 e. The second-order valence-corrected chi connectivity index (χ2v) is 8.03. The quantitative estimate of drug-likeness (QED) is 0.689. The van der Waals surface area contributed by atoms with Crippen LogP contribution in [0.5, 0.6) is 0 Å². The number of nitrogens with zero attached hydrogens (tertiary/aromatic N) is 4. The van der Waals surface area contributed by atoms with E-state index in [1.165, 1.54) is 15.4 Å². The van der Waals surface area contributed by atoms with E-state index in [1.54, 1.807) is 18.2 Å². The van der Waals surface area contributed by atoms with Gasteiger partial charge < -0.3 is 5.32 Å². The standard InChI is InChI=1S/C20H24ClN5O3/c1-2-10-24-18(28)15-9-8-13(21)11-16(15)26-19(24)23-25(20(26)29)12-17(27)22-14-6-4-3-5-7-14/h8-9,11,14H,2-7,10,12H2,1H3,(H,22,27). The zero-order chi connectivity index (χ0) is 20.5. The van der Waals surface area contributed by atoms with Crippen LogP contribution in [0, 0.1) is 0 Å². The van der Waals surface area contributed by atoms with E-state index in [2.05, 4.69) is 10.4 Å². The molecule has 0 radical (unpaired) electrons. The van der Waals surface area contributed by atoms with Crippen LogP contribution in [0.4, 0.5) is 0 Å². The van der Waals surface area contributed by atoms with Gasteiger partial charge in [-0.05, 0) is 37.5 Å².